The number of piperazine rings is 1. The number of nitrogens with zero attached hydrogens (tertiary/aromatic N) is 3. The number of rotatable bonds is 2. The SMILES string of the molecule is N#Cc1ccccc1NC(=O)N1CCN(C2CC2)CC1. The van der Waals surface area contributed by atoms with Crippen LogP contribution in [0.1, 0.15) is 18.4 Å². The second kappa shape index (κ2) is 5.51. The standard InChI is InChI=1S/C15H18N4O/c16-11-12-3-1-2-4-14(12)17-15(20)19-9-7-18(8-10-19)13-5-6-13/h1-4,13H,5-10H2,(H,17,20). The Morgan fingerprint density at radius 3 is 2.55 bits per heavy atom. The van der Waals surface area contributed by atoms with Crippen LogP contribution in [0.25, 0.3) is 0 Å². The Morgan fingerprint density at radius 1 is 1.20 bits per heavy atom. The molecule has 1 aliphatic carbocycles. The van der Waals surface area contributed by atoms with Crippen molar-refractivity contribution < 1.29 is 4.79 Å². The molecule has 0 spiro atoms. The summed E-state index contributed by atoms with van der Waals surface area (Å²) in [6.45, 7) is 3.43. The van der Waals surface area contributed by atoms with Crippen LogP contribution in [0, 0.1) is 11.3 Å². The molecule has 1 saturated heterocycles. The van der Waals surface area contributed by atoms with Crippen LogP contribution in [0.15, 0.2) is 24.3 Å². The quantitative estimate of drug-likeness (QED) is 0.892. The van der Waals surface area contributed by atoms with E-state index in [1.807, 2.05) is 11.0 Å². The fraction of sp³-hybridized carbons (Fsp3) is 0.467. The van der Waals surface area contributed by atoms with Crippen molar-refractivity contribution in [2.45, 2.75) is 18.9 Å². The zero-order valence-electron chi connectivity index (χ0n) is 11.4. The van der Waals surface area contributed by atoms with Gasteiger partial charge in [-0.2, -0.15) is 5.26 Å². The van der Waals surface area contributed by atoms with Gasteiger partial charge in [-0.25, -0.2) is 4.79 Å². The second-order valence-corrected chi connectivity index (χ2v) is 5.34. The van der Waals surface area contributed by atoms with Crippen molar-refractivity contribution in [3.05, 3.63) is 29.8 Å². The van der Waals surface area contributed by atoms with Gasteiger partial charge >= 0.3 is 6.03 Å². The van der Waals surface area contributed by atoms with Gasteiger partial charge in [-0.3, -0.25) is 4.90 Å². The summed E-state index contributed by atoms with van der Waals surface area (Å²) < 4.78 is 0. The van der Waals surface area contributed by atoms with Crippen molar-refractivity contribution in [1.29, 1.82) is 5.26 Å². The minimum absolute atomic E-state index is 0.108. The normalized spacial score (nSPS) is 19.4. The Bertz CT molecular complexity index is 539. The van der Waals surface area contributed by atoms with E-state index < -0.39 is 0 Å². The third-order valence-corrected chi connectivity index (χ3v) is 3.95. The van der Waals surface area contributed by atoms with Crippen LogP contribution in [0.3, 0.4) is 0 Å². The predicted octanol–water partition coefficient (Wildman–Crippen LogP) is 1.87. The van der Waals surface area contributed by atoms with E-state index in [1.54, 1.807) is 18.2 Å². The van der Waals surface area contributed by atoms with Gasteiger partial charge in [-0.15, -0.1) is 0 Å². The molecule has 1 N–H and O–H groups in total. The summed E-state index contributed by atoms with van der Waals surface area (Å²) in [5.41, 5.74) is 1.09. The van der Waals surface area contributed by atoms with Crippen molar-refractivity contribution in [1.82, 2.24) is 9.80 Å². The van der Waals surface area contributed by atoms with Crippen molar-refractivity contribution in [2.24, 2.45) is 0 Å². The molecule has 5 nitrogen and oxygen atoms in total. The van der Waals surface area contributed by atoms with Crippen molar-refractivity contribution in [2.75, 3.05) is 31.5 Å². The van der Waals surface area contributed by atoms with Gasteiger partial charge < -0.3 is 10.2 Å². The van der Waals surface area contributed by atoms with E-state index in [4.69, 9.17) is 5.26 Å². The lowest BCUT2D eigenvalue weighted by Gasteiger charge is -2.34. The number of nitriles is 1. The number of hydrogen-bond donors (Lipinski definition) is 1. The molecule has 0 unspecified atom stereocenters. The molecule has 2 aliphatic rings. The van der Waals surface area contributed by atoms with E-state index in [9.17, 15) is 4.79 Å². The molecule has 20 heavy (non-hydrogen) atoms. The summed E-state index contributed by atoms with van der Waals surface area (Å²) in [7, 11) is 0. The van der Waals surface area contributed by atoms with Crippen LogP contribution in [0.4, 0.5) is 10.5 Å². The van der Waals surface area contributed by atoms with Gasteiger partial charge in [0.2, 0.25) is 0 Å². The molecule has 0 radical (unpaired) electrons. The van der Waals surface area contributed by atoms with E-state index in [0.29, 0.717) is 11.3 Å². The smallest absolute Gasteiger partial charge is 0.321 e. The zero-order valence-corrected chi connectivity index (χ0v) is 11.4. The molecule has 104 valence electrons. The summed E-state index contributed by atoms with van der Waals surface area (Å²) in [4.78, 5) is 16.5. The molecule has 1 saturated carbocycles. The summed E-state index contributed by atoms with van der Waals surface area (Å²) in [5, 5.41) is 11.9. The highest BCUT2D eigenvalue weighted by molar-refractivity contribution is 5.90. The van der Waals surface area contributed by atoms with Gasteiger partial charge in [0.05, 0.1) is 11.3 Å². The highest BCUT2D eigenvalue weighted by atomic mass is 16.2. The maximum absolute atomic E-state index is 12.2. The fourth-order valence-corrected chi connectivity index (χ4v) is 2.61. The van der Waals surface area contributed by atoms with Crippen LogP contribution in [0.2, 0.25) is 0 Å². The van der Waals surface area contributed by atoms with Gasteiger partial charge in [-0.1, -0.05) is 12.1 Å². The maximum atomic E-state index is 12.2. The first kappa shape index (κ1) is 12.9. The highest BCUT2D eigenvalue weighted by Crippen LogP contribution is 2.27. The number of urea groups is 1. The Labute approximate surface area is 118 Å². The van der Waals surface area contributed by atoms with Crippen LogP contribution < -0.4 is 5.32 Å². The monoisotopic (exact) mass is 270 g/mol. The molecule has 1 aromatic rings. The van der Waals surface area contributed by atoms with E-state index in [1.165, 1.54) is 12.8 Å². The van der Waals surface area contributed by atoms with Crippen molar-refractivity contribution in [3.8, 4) is 6.07 Å². The van der Waals surface area contributed by atoms with E-state index in [0.717, 1.165) is 32.2 Å². The number of para-hydroxylation sites is 1. The Balaban J connectivity index is 1.58. The Kier molecular flexibility index (Phi) is 3.57. The Morgan fingerprint density at radius 2 is 1.90 bits per heavy atom. The third kappa shape index (κ3) is 2.75. The third-order valence-electron chi connectivity index (χ3n) is 3.95. The number of carbonyl (C=O) groups is 1. The molecule has 0 aromatic heterocycles. The van der Waals surface area contributed by atoms with Crippen LogP contribution in [-0.4, -0.2) is 48.1 Å². The van der Waals surface area contributed by atoms with Crippen LogP contribution in [0.5, 0.6) is 0 Å². The van der Waals surface area contributed by atoms with Gasteiger partial charge in [0.25, 0.3) is 0 Å². The molecule has 1 heterocycles. The molecule has 0 bridgehead atoms. The molecule has 5 heteroatoms. The molecule has 2 amide bonds. The first-order valence-electron chi connectivity index (χ1n) is 7.07. The zero-order chi connectivity index (χ0) is 13.9. The topological polar surface area (TPSA) is 59.4 Å². The van der Waals surface area contributed by atoms with Gasteiger partial charge in [0, 0.05) is 32.2 Å². The maximum Gasteiger partial charge on any atom is 0.321 e. The molecular formula is C15H18N4O. The van der Waals surface area contributed by atoms with Gasteiger partial charge in [0.15, 0.2) is 0 Å². The Hall–Kier alpha value is -2.06. The molecule has 0 atom stereocenters. The predicted molar refractivity (Wildman–Crippen MR) is 76.3 cm³/mol. The lowest BCUT2D eigenvalue weighted by atomic mass is 10.2. The van der Waals surface area contributed by atoms with Crippen LogP contribution >= 0.6 is 0 Å². The van der Waals surface area contributed by atoms with Crippen molar-refractivity contribution >= 4 is 11.7 Å². The summed E-state index contributed by atoms with van der Waals surface area (Å²) in [6.07, 6.45) is 2.61. The number of benzene rings is 1. The molecule has 2 fully saturated rings. The first-order chi connectivity index (χ1) is 9.78. The first-order valence-corrected chi connectivity index (χ1v) is 7.07. The highest BCUT2D eigenvalue weighted by Gasteiger charge is 2.32. The number of hydrogen-bond acceptors (Lipinski definition) is 3. The van der Waals surface area contributed by atoms with Crippen LogP contribution in [-0.2, 0) is 0 Å². The number of nitrogens with one attached hydrogen (secondary N) is 1. The molecule has 3 rings (SSSR count). The summed E-state index contributed by atoms with van der Waals surface area (Å²) in [6, 6.07) is 9.83. The molecular weight excluding hydrogens is 252 g/mol. The lowest BCUT2D eigenvalue weighted by molar-refractivity contribution is 0.142. The van der Waals surface area contributed by atoms with E-state index in [-0.39, 0.29) is 6.03 Å². The number of amides is 2. The number of anilines is 1. The van der Waals surface area contributed by atoms with E-state index >= 15 is 0 Å². The number of carbonyl (C=O) groups excluding carboxylic acids is 1. The second-order valence-electron chi connectivity index (χ2n) is 5.34. The van der Waals surface area contributed by atoms with Crippen molar-refractivity contribution in [3.63, 3.8) is 0 Å². The summed E-state index contributed by atoms with van der Waals surface area (Å²) in [5.74, 6) is 0. The fourth-order valence-electron chi connectivity index (χ4n) is 2.61. The van der Waals surface area contributed by atoms with Gasteiger partial charge in [-0.05, 0) is 25.0 Å². The minimum Gasteiger partial charge on any atom is -0.322 e. The summed E-state index contributed by atoms with van der Waals surface area (Å²) >= 11 is 0. The van der Waals surface area contributed by atoms with Gasteiger partial charge in [0.1, 0.15) is 6.07 Å². The minimum atomic E-state index is -0.108. The largest absolute Gasteiger partial charge is 0.322 e. The van der Waals surface area contributed by atoms with E-state index in [2.05, 4.69) is 16.3 Å². The average Bonchev–Trinajstić information content (AvgIpc) is 3.32. The molecule has 1 aliphatic heterocycles. The molecule has 1 aromatic carbocycles. The lowest BCUT2D eigenvalue weighted by Crippen LogP contribution is -2.50. The average molecular weight is 270 g/mol.